The van der Waals surface area contributed by atoms with Crippen LogP contribution in [-0.2, 0) is 9.53 Å². The lowest BCUT2D eigenvalue weighted by atomic mass is 10.1. The first-order valence-corrected chi connectivity index (χ1v) is 7.09. The number of esters is 1. The molecule has 2 aromatic carbocycles. The number of halogens is 1. The monoisotopic (exact) mass is 312 g/mol. The van der Waals surface area contributed by atoms with Gasteiger partial charge in [-0.25, -0.2) is 4.79 Å². The molecule has 3 nitrogen and oxygen atoms in total. The molecule has 0 N–H and O–H groups in total. The number of benzene rings is 2. The number of hydrogen-bond donors (Lipinski definition) is 0. The van der Waals surface area contributed by atoms with Gasteiger partial charge in [0.25, 0.3) is 0 Å². The Bertz CT molecular complexity index is 756. The van der Waals surface area contributed by atoms with Crippen molar-refractivity contribution >= 4 is 29.2 Å². The van der Waals surface area contributed by atoms with E-state index in [0.29, 0.717) is 16.4 Å². The lowest BCUT2D eigenvalue weighted by Gasteiger charge is -2.02. The van der Waals surface area contributed by atoms with E-state index in [1.54, 1.807) is 31.4 Å². The van der Waals surface area contributed by atoms with E-state index in [0.717, 1.165) is 16.9 Å². The van der Waals surface area contributed by atoms with Crippen molar-refractivity contribution in [2.45, 2.75) is 0 Å². The van der Waals surface area contributed by atoms with Crippen molar-refractivity contribution in [2.75, 3.05) is 7.11 Å². The Balaban J connectivity index is 1.88. The first-order chi connectivity index (χ1) is 10.7. The molecule has 0 saturated carbocycles. The van der Waals surface area contributed by atoms with Gasteiger partial charge in [-0.05, 0) is 47.5 Å². The van der Waals surface area contributed by atoms with Gasteiger partial charge in [0, 0.05) is 5.02 Å². The van der Waals surface area contributed by atoms with Crippen LogP contribution in [0.2, 0.25) is 5.02 Å². The number of hydrogen-bond acceptors (Lipinski definition) is 3. The normalized spacial score (nSPS) is 15.6. The van der Waals surface area contributed by atoms with E-state index in [2.05, 4.69) is 0 Å². The molecule has 0 fully saturated rings. The van der Waals surface area contributed by atoms with Crippen LogP contribution >= 0.6 is 11.6 Å². The predicted molar refractivity (Wildman–Crippen MR) is 86.5 cm³/mol. The van der Waals surface area contributed by atoms with E-state index >= 15 is 0 Å². The highest BCUT2D eigenvalue weighted by Gasteiger charge is 2.22. The average Bonchev–Trinajstić information content (AvgIpc) is 2.90. The molecule has 0 radical (unpaired) electrons. The van der Waals surface area contributed by atoms with E-state index in [4.69, 9.17) is 21.1 Å². The number of ether oxygens (including phenoxy) is 2. The Kier molecular flexibility index (Phi) is 3.98. The van der Waals surface area contributed by atoms with Gasteiger partial charge in [0.2, 0.25) is 0 Å². The van der Waals surface area contributed by atoms with Crippen LogP contribution in [-0.4, -0.2) is 13.1 Å². The van der Waals surface area contributed by atoms with Gasteiger partial charge >= 0.3 is 5.97 Å². The Hall–Kier alpha value is -2.52. The summed E-state index contributed by atoms with van der Waals surface area (Å²) in [4.78, 5) is 12.0. The van der Waals surface area contributed by atoms with Crippen LogP contribution in [0.1, 0.15) is 11.1 Å². The van der Waals surface area contributed by atoms with Gasteiger partial charge in [0.1, 0.15) is 11.5 Å². The second-order valence-electron chi connectivity index (χ2n) is 4.77. The summed E-state index contributed by atoms with van der Waals surface area (Å²) in [5.41, 5.74) is 2.24. The van der Waals surface area contributed by atoms with E-state index in [-0.39, 0.29) is 5.97 Å². The van der Waals surface area contributed by atoms with Crippen molar-refractivity contribution in [3.63, 3.8) is 0 Å². The van der Waals surface area contributed by atoms with Gasteiger partial charge in [-0.3, -0.25) is 0 Å². The molecule has 1 aliphatic rings. The number of carbonyl (C=O) groups is 1. The molecule has 0 aromatic heterocycles. The average molecular weight is 313 g/mol. The highest BCUT2D eigenvalue weighted by atomic mass is 35.5. The second-order valence-corrected chi connectivity index (χ2v) is 5.21. The first-order valence-electron chi connectivity index (χ1n) is 6.71. The van der Waals surface area contributed by atoms with E-state index in [1.165, 1.54) is 0 Å². The molecule has 2 aromatic rings. The highest BCUT2D eigenvalue weighted by Crippen LogP contribution is 2.28. The highest BCUT2D eigenvalue weighted by molar-refractivity contribution is 6.30. The number of allylic oxidation sites excluding steroid dienone is 1. The van der Waals surface area contributed by atoms with Crippen LogP contribution in [0.15, 0.2) is 60.4 Å². The molecule has 0 atom stereocenters. The maximum atomic E-state index is 12.0. The number of carbonyl (C=O) groups excluding carboxylic acids is 1. The maximum Gasteiger partial charge on any atom is 0.344 e. The molecular weight excluding hydrogens is 300 g/mol. The van der Waals surface area contributed by atoms with Crippen LogP contribution in [0.3, 0.4) is 0 Å². The summed E-state index contributed by atoms with van der Waals surface area (Å²) in [5, 5.41) is 0.667. The standard InChI is InChI=1S/C18H13ClO3/c1-21-15-8-4-13(5-9-15)17-11-16(22-18(17)20)10-12-2-6-14(19)7-3-12/h2-11H,1H3/b16-10-. The number of rotatable bonds is 3. The largest absolute Gasteiger partial charge is 0.497 e. The molecule has 0 spiro atoms. The molecule has 110 valence electrons. The van der Waals surface area contributed by atoms with Crippen molar-refractivity contribution in [1.82, 2.24) is 0 Å². The van der Waals surface area contributed by atoms with Gasteiger partial charge < -0.3 is 9.47 Å². The van der Waals surface area contributed by atoms with Crippen molar-refractivity contribution in [3.05, 3.63) is 76.5 Å². The summed E-state index contributed by atoms with van der Waals surface area (Å²) in [5.74, 6) is 0.899. The van der Waals surface area contributed by atoms with E-state index < -0.39 is 0 Å². The number of cyclic esters (lactones) is 1. The third-order valence-electron chi connectivity index (χ3n) is 3.30. The van der Waals surface area contributed by atoms with Crippen LogP contribution in [0.4, 0.5) is 0 Å². The quantitative estimate of drug-likeness (QED) is 0.791. The summed E-state index contributed by atoms with van der Waals surface area (Å²) in [6.07, 6.45) is 3.53. The third-order valence-corrected chi connectivity index (χ3v) is 3.55. The molecule has 22 heavy (non-hydrogen) atoms. The molecule has 0 aliphatic carbocycles. The molecule has 3 rings (SSSR count). The lowest BCUT2D eigenvalue weighted by Crippen LogP contribution is -1.98. The maximum absolute atomic E-state index is 12.0. The Labute approximate surface area is 133 Å². The fourth-order valence-corrected chi connectivity index (χ4v) is 2.28. The topological polar surface area (TPSA) is 35.5 Å². The van der Waals surface area contributed by atoms with Gasteiger partial charge in [-0.1, -0.05) is 35.9 Å². The zero-order chi connectivity index (χ0) is 15.5. The summed E-state index contributed by atoms with van der Waals surface area (Å²) < 4.78 is 10.4. The minimum Gasteiger partial charge on any atom is -0.497 e. The van der Waals surface area contributed by atoms with Crippen LogP contribution in [0.25, 0.3) is 11.6 Å². The van der Waals surface area contributed by atoms with E-state index in [1.807, 2.05) is 36.4 Å². The molecule has 1 aliphatic heterocycles. The van der Waals surface area contributed by atoms with Crippen LogP contribution in [0.5, 0.6) is 5.75 Å². The molecule has 4 heteroatoms. The first kappa shape index (κ1) is 14.4. The van der Waals surface area contributed by atoms with Crippen LogP contribution in [0, 0.1) is 0 Å². The Morgan fingerprint density at radius 3 is 2.36 bits per heavy atom. The van der Waals surface area contributed by atoms with Gasteiger partial charge in [-0.2, -0.15) is 0 Å². The fraction of sp³-hybridized carbons (Fsp3) is 0.0556. The Morgan fingerprint density at radius 1 is 1.05 bits per heavy atom. The van der Waals surface area contributed by atoms with Crippen molar-refractivity contribution < 1.29 is 14.3 Å². The van der Waals surface area contributed by atoms with Gasteiger partial charge in [-0.15, -0.1) is 0 Å². The zero-order valence-electron chi connectivity index (χ0n) is 11.9. The third kappa shape index (κ3) is 3.05. The molecular formula is C18H13ClO3. The smallest absolute Gasteiger partial charge is 0.344 e. The lowest BCUT2D eigenvalue weighted by molar-refractivity contribution is -0.131. The summed E-state index contributed by atoms with van der Waals surface area (Å²) in [7, 11) is 1.60. The molecule has 0 unspecified atom stereocenters. The van der Waals surface area contributed by atoms with Gasteiger partial charge in [0.05, 0.1) is 12.7 Å². The van der Waals surface area contributed by atoms with Crippen LogP contribution < -0.4 is 4.74 Å². The summed E-state index contributed by atoms with van der Waals surface area (Å²) >= 11 is 5.85. The minimum atomic E-state index is -0.356. The molecule has 0 bridgehead atoms. The van der Waals surface area contributed by atoms with Crippen molar-refractivity contribution in [3.8, 4) is 5.75 Å². The Morgan fingerprint density at radius 2 is 1.73 bits per heavy atom. The van der Waals surface area contributed by atoms with Crippen molar-refractivity contribution in [1.29, 1.82) is 0 Å². The van der Waals surface area contributed by atoms with Crippen molar-refractivity contribution in [2.24, 2.45) is 0 Å². The predicted octanol–water partition coefficient (Wildman–Crippen LogP) is 4.33. The summed E-state index contributed by atoms with van der Waals surface area (Å²) in [6, 6.07) is 14.6. The molecule has 0 saturated heterocycles. The minimum absolute atomic E-state index is 0.356. The fourth-order valence-electron chi connectivity index (χ4n) is 2.16. The van der Waals surface area contributed by atoms with E-state index in [9.17, 15) is 4.79 Å². The summed E-state index contributed by atoms with van der Waals surface area (Å²) in [6.45, 7) is 0. The van der Waals surface area contributed by atoms with Gasteiger partial charge in [0.15, 0.2) is 0 Å². The molecule has 0 amide bonds. The molecule has 1 heterocycles. The second kappa shape index (κ2) is 6.08. The SMILES string of the molecule is COc1ccc(C2=C/C(=C/c3ccc(Cl)cc3)OC2=O)cc1. The number of methoxy groups -OCH3 is 1. The zero-order valence-corrected chi connectivity index (χ0v) is 12.6.